The summed E-state index contributed by atoms with van der Waals surface area (Å²) in [5.41, 5.74) is 2.27. The highest BCUT2D eigenvalue weighted by atomic mass is 35.5. The van der Waals surface area contributed by atoms with Gasteiger partial charge in [0.15, 0.2) is 0 Å². The molecule has 3 aromatic rings. The fraction of sp³-hybridized carbons (Fsp3) is 0.333. The van der Waals surface area contributed by atoms with Gasteiger partial charge in [-0.2, -0.15) is 0 Å². The van der Waals surface area contributed by atoms with Crippen LogP contribution in [0.1, 0.15) is 59.6 Å². The normalized spacial score (nSPS) is 15.5. The summed E-state index contributed by atoms with van der Waals surface area (Å²) in [6.07, 6.45) is 4.88. The lowest BCUT2D eigenvalue weighted by atomic mass is 9.86. The number of fused-ring (bicyclic) bond motifs is 1. The van der Waals surface area contributed by atoms with Crippen molar-refractivity contribution in [3.8, 4) is 5.75 Å². The lowest BCUT2D eigenvalue weighted by molar-refractivity contribution is -0.139. The fourth-order valence-corrected chi connectivity index (χ4v) is 4.90. The van der Waals surface area contributed by atoms with E-state index in [0.29, 0.717) is 45.1 Å². The minimum Gasteiger partial charge on any atom is -0.508 e. The van der Waals surface area contributed by atoms with E-state index in [-0.39, 0.29) is 11.7 Å². The number of hydrogen-bond acceptors (Lipinski definition) is 3. The molecule has 4 rings (SSSR count). The van der Waals surface area contributed by atoms with Gasteiger partial charge >= 0.3 is 5.97 Å². The van der Waals surface area contributed by atoms with Crippen molar-refractivity contribution in [2.75, 3.05) is 0 Å². The van der Waals surface area contributed by atoms with E-state index in [1.54, 1.807) is 47.9 Å². The number of hydrogen-bond donors (Lipinski definition) is 2. The maximum atomic E-state index is 13.3. The third-order valence-corrected chi connectivity index (χ3v) is 6.47. The molecule has 1 fully saturated rings. The number of nitrogens with zero attached hydrogens (tertiary/aromatic N) is 1. The topological polar surface area (TPSA) is 79.5 Å². The van der Waals surface area contributed by atoms with Crippen LogP contribution in [0.25, 0.3) is 10.9 Å². The Kier molecular flexibility index (Phi) is 5.56. The summed E-state index contributed by atoms with van der Waals surface area (Å²) in [5, 5.41) is 21.3. The van der Waals surface area contributed by atoms with Gasteiger partial charge in [0.1, 0.15) is 5.75 Å². The molecular formula is C24H24ClNO4. The number of benzene rings is 2. The molecular weight excluding hydrogens is 402 g/mol. The number of carboxylic acids is 1. The zero-order valence-electron chi connectivity index (χ0n) is 16.8. The van der Waals surface area contributed by atoms with Crippen molar-refractivity contribution < 1.29 is 19.8 Å². The van der Waals surface area contributed by atoms with Gasteiger partial charge in [0.25, 0.3) is 5.91 Å². The lowest BCUT2D eigenvalue weighted by Crippen LogP contribution is -2.18. The van der Waals surface area contributed by atoms with Crippen molar-refractivity contribution in [2.24, 2.45) is 5.92 Å². The molecule has 0 bridgehead atoms. The first-order chi connectivity index (χ1) is 14.4. The van der Waals surface area contributed by atoms with E-state index in [0.717, 1.165) is 25.7 Å². The van der Waals surface area contributed by atoms with Crippen molar-refractivity contribution in [3.05, 3.63) is 64.3 Å². The van der Waals surface area contributed by atoms with Crippen molar-refractivity contribution in [2.45, 2.75) is 44.9 Å². The molecule has 1 heterocycles. The number of aromatic hydroxyl groups is 1. The number of halogens is 1. The molecule has 1 aliphatic carbocycles. The molecule has 2 N–H and O–H groups in total. The predicted octanol–water partition coefficient (Wildman–Crippen LogP) is 5.75. The number of phenolic OH excluding ortho intramolecular Hbond substituents is 1. The number of carboxylic acid groups (broad SMARTS) is 1. The second-order valence-corrected chi connectivity index (χ2v) is 8.56. The maximum absolute atomic E-state index is 13.3. The second kappa shape index (κ2) is 8.15. The summed E-state index contributed by atoms with van der Waals surface area (Å²) in [7, 11) is 0. The van der Waals surface area contributed by atoms with E-state index >= 15 is 0 Å². The van der Waals surface area contributed by atoms with Crippen LogP contribution in [0.15, 0.2) is 42.5 Å². The third kappa shape index (κ3) is 3.70. The first kappa shape index (κ1) is 20.5. The van der Waals surface area contributed by atoms with E-state index in [2.05, 4.69) is 0 Å². The zero-order valence-corrected chi connectivity index (χ0v) is 17.5. The monoisotopic (exact) mass is 425 g/mol. The molecule has 156 valence electrons. The number of aliphatic carboxylic acids is 1. The maximum Gasteiger partial charge on any atom is 0.311 e. The van der Waals surface area contributed by atoms with Gasteiger partial charge in [-0.15, -0.1) is 0 Å². The SMILES string of the molecule is Cc1c([C@@H](CC2CCCC2)C(=O)O)c2cc(O)ccc2n1C(=O)c1ccc(Cl)cc1. The smallest absolute Gasteiger partial charge is 0.311 e. The first-order valence-corrected chi connectivity index (χ1v) is 10.6. The molecule has 1 aromatic heterocycles. The van der Waals surface area contributed by atoms with Crippen LogP contribution in [0.5, 0.6) is 5.75 Å². The first-order valence-electron chi connectivity index (χ1n) is 10.2. The van der Waals surface area contributed by atoms with Crippen LogP contribution in [0.4, 0.5) is 0 Å². The number of phenols is 1. The minimum absolute atomic E-state index is 0.0462. The molecule has 5 nitrogen and oxygen atoms in total. The Morgan fingerprint density at radius 3 is 2.43 bits per heavy atom. The number of carbonyl (C=O) groups excluding carboxylic acids is 1. The average Bonchev–Trinajstić information content (AvgIpc) is 3.31. The summed E-state index contributed by atoms with van der Waals surface area (Å²) in [6.45, 7) is 1.78. The Labute approximate surface area is 179 Å². The average molecular weight is 426 g/mol. The quantitative estimate of drug-likeness (QED) is 0.545. The summed E-state index contributed by atoms with van der Waals surface area (Å²) in [6, 6.07) is 11.4. The summed E-state index contributed by atoms with van der Waals surface area (Å²) in [5.74, 6) is -1.46. The largest absolute Gasteiger partial charge is 0.508 e. The highest BCUT2D eigenvalue weighted by molar-refractivity contribution is 6.30. The van der Waals surface area contributed by atoms with E-state index in [4.69, 9.17) is 11.6 Å². The zero-order chi connectivity index (χ0) is 21.4. The second-order valence-electron chi connectivity index (χ2n) is 8.13. The van der Waals surface area contributed by atoms with E-state index in [1.807, 2.05) is 0 Å². The lowest BCUT2D eigenvalue weighted by Gasteiger charge is -2.18. The van der Waals surface area contributed by atoms with Crippen LogP contribution in [-0.2, 0) is 4.79 Å². The Balaban J connectivity index is 1.88. The van der Waals surface area contributed by atoms with Gasteiger partial charge < -0.3 is 10.2 Å². The Hall–Kier alpha value is -2.79. The van der Waals surface area contributed by atoms with Crippen LogP contribution < -0.4 is 0 Å². The fourth-order valence-electron chi connectivity index (χ4n) is 4.78. The van der Waals surface area contributed by atoms with Crippen LogP contribution in [0, 0.1) is 12.8 Å². The highest BCUT2D eigenvalue weighted by Gasteiger charge is 2.32. The van der Waals surface area contributed by atoms with Crippen molar-refractivity contribution in [1.29, 1.82) is 0 Å². The van der Waals surface area contributed by atoms with Gasteiger partial charge in [-0.3, -0.25) is 14.2 Å². The van der Waals surface area contributed by atoms with Gasteiger partial charge in [-0.25, -0.2) is 0 Å². The summed E-state index contributed by atoms with van der Waals surface area (Å²) < 4.78 is 1.55. The minimum atomic E-state index is -0.897. The molecule has 2 aromatic carbocycles. The van der Waals surface area contributed by atoms with Crippen LogP contribution in [0.3, 0.4) is 0 Å². The number of rotatable bonds is 5. The van der Waals surface area contributed by atoms with Gasteiger partial charge in [0.2, 0.25) is 0 Å². The summed E-state index contributed by atoms with van der Waals surface area (Å²) >= 11 is 5.96. The highest BCUT2D eigenvalue weighted by Crippen LogP contribution is 2.40. The summed E-state index contributed by atoms with van der Waals surface area (Å²) in [4.78, 5) is 25.6. The third-order valence-electron chi connectivity index (χ3n) is 6.22. The Morgan fingerprint density at radius 2 is 1.80 bits per heavy atom. The van der Waals surface area contributed by atoms with Crippen LogP contribution in [0.2, 0.25) is 5.02 Å². The predicted molar refractivity (Wildman–Crippen MR) is 116 cm³/mol. The Bertz CT molecular complexity index is 1110. The molecule has 0 unspecified atom stereocenters. The van der Waals surface area contributed by atoms with E-state index in [9.17, 15) is 19.8 Å². The molecule has 0 radical (unpaired) electrons. The molecule has 1 atom stereocenters. The molecule has 0 aliphatic heterocycles. The molecule has 0 spiro atoms. The standard InChI is InChI=1S/C24H24ClNO4/c1-14-22(20(24(29)30)12-15-4-2-3-5-15)19-13-18(27)10-11-21(19)26(14)23(28)16-6-8-17(25)9-7-16/h6-11,13,15,20,27H,2-5,12H2,1H3,(H,29,30)/t20-/m1/s1. The Morgan fingerprint density at radius 1 is 1.13 bits per heavy atom. The van der Waals surface area contributed by atoms with Gasteiger partial charge in [-0.05, 0) is 67.3 Å². The van der Waals surface area contributed by atoms with Gasteiger partial charge in [-0.1, -0.05) is 37.3 Å². The van der Waals surface area contributed by atoms with Crippen molar-refractivity contribution in [3.63, 3.8) is 0 Å². The van der Waals surface area contributed by atoms with Crippen molar-refractivity contribution >= 4 is 34.4 Å². The molecule has 30 heavy (non-hydrogen) atoms. The van der Waals surface area contributed by atoms with Crippen molar-refractivity contribution in [1.82, 2.24) is 4.57 Å². The van der Waals surface area contributed by atoms with Gasteiger partial charge in [0, 0.05) is 21.7 Å². The molecule has 0 amide bonds. The van der Waals surface area contributed by atoms with E-state index in [1.165, 1.54) is 6.07 Å². The van der Waals surface area contributed by atoms with E-state index < -0.39 is 11.9 Å². The number of aromatic nitrogens is 1. The molecule has 1 aliphatic rings. The molecule has 6 heteroatoms. The van der Waals surface area contributed by atoms with Crippen LogP contribution in [-0.4, -0.2) is 26.7 Å². The molecule has 1 saturated carbocycles. The number of carbonyl (C=O) groups is 2. The van der Waals surface area contributed by atoms with Crippen LogP contribution >= 0.6 is 11.6 Å². The molecule has 0 saturated heterocycles. The van der Waals surface area contributed by atoms with Gasteiger partial charge in [0.05, 0.1) is 11.4 Å².